The van der Waals surface area contributed by atoms with Crippen molar-refractivity contribution >= 4 is 5.95 Å². The molecular weight excluding hydrogens is 248 g/mol. The van der Waals surface area contributed by atoms with Crippen LogP contribution >= 0.6 is 0 Å². The molecule has 0 radical (unpaired) electrons. The van der Waals surface area contributed by atoms with Gasteiger partial charge in [0.25, 0.3) is 0 Å². The van der Waals surface area contributed by atoms with Crippen LogP contribution in [0, 0.1) is 6.92 Å². The SMILES string of the molecule is CCC1CCC(C)N1c1ncc(CNC(C)C)c(C)n1. The van der Waals surface area contributed by atoms with Gasteiger partial charge in [0.2, 0.25) is 5.95 Å². The molecule has 1 fully saturated rings. The first kappa shape index (κ1) is 15.2. The minimum Gasteiger partial charge on any atom is -0.335 e. The van der Waals surface area contributed by atoms with Gasteiger partial charge in [-0.05, 0) is 33.1 Å². The zero-order valence-corrected chi connectivity index (χ0v) is 13.5. The summed E-state index contributed by atoms with van der Waals surface area (Å²) >= 11 is 0. The van der Waals surface area contributed by atoms with E-state index < -0.39 is 0 Å². The molecule has 4 nitrogen and oxygen atoms in total. The monoisotopic (exact) mass is 276 g/mol. The Balaban J connectivity index is 2.15. The number of aromatic nitrogens is 2. The Kier molecular flexibility index (Phi) is 4.97. The van der Waals surface area contributed by atoms with Crippen molar-refractivity contribution in [3.05, 3.63) is 17.5 Å². The number of aryl methyl sites for hydroxylation is 1. The first-order valence-corrected chi connectivity index (χ1v) is 7.87. The molecule has 2 rings (SSSR count). The second-order valence-electron chi connectivity index (χ2n) is 6.21. The zero-order valence-electron chi connectivity index (χ0n) is 13.5. The van der Waals surface area contributed by atoms with Gasteiger partial charge < -0.3 is 10.2 Å². The highest BCUT2D eigenvalue weighted by atomic mass is 15.3. The van der Waals surface area contributed by atoms with E-state index in [0.717, 1.165) is 18.2 Å². The number of anilines is 1. The predicted octanol–water partition coefficient (Wildman–Crippen LogP) is 3.05. The van der Waals surface area contributed by atoms with Gasteiger partial charge in [-0.1, -0.05) is 20.8 Å². The van der Waals surface area contributed by atoms with Crippen molar-refractivity contribution in [3.63, 3.8) is 0 Å². The van der Waals surface area contributed by atoms with Crippen molar-refractivity contribution in [3.8, 4) is 0 Å². The minimum atomic E-state index is 0.483. The average Bonchev–Trinajstić information content (AvgIpc) is 2.78. The van der Waals surface area contributed by atoms with Crippen LogP contribution in [0.5, 0.6) is 0 Å². The Bertz CT molecular complexity index is 444. The van der Waals surface area contributed by atoms with Gasteiger partial charge in [0.1, 0.15) is 0 Å². The number of rotatable bonds is 5. The van der Waals surface area contributed by atoms with Crippen LogP contribution in [0.1, 0.15) is 58.2 Å². The topological polar surface area (TPSA) is 41.1 Å². The lowest BCUT2D eigenvalue weighted by Gasteiger charge is -2.28. The Hall–Kier alpha value is -1.16. The molecule has 1 aromatic heterocycles. The lowest BCUT2D eigenvalue weighted by atomic mass is 10.2. The summed E-state index contributed by atoms with van der Waals surface area (Å²) in [6.45, 7) is 11.8. The molecule has 0 aromatic carbocycles. The minimum absolute atomic E-state index is 0.483. The molecule has 20 heavy (non-hydrogen) atoms. The third kappa shape index (κ3) is 3.29. The molecule has 4 heteroatoms. The van der Waals surface area contributed by atoms with Crippen molar-refractivity contribution in [2.24, 2.45) is 0 Å². The summed E-state index contributed by atoms with van der Waals surface area (Å²) < 4.78 is 0. The molecular formula is C16H28N4. The summed E-state index contributed by atoms with van der Waals surface area (Å²) in [6, 6.07) is 1.64. The fourth-order valence-electron chi connectivity index (χ4n) is 2.92. The molecule has 1 aliphatic rings. The van der Waals surface area contributed by atoms with Crippen molar-refractivity contribution < 1.29 is 0 Å². The Labute approximate surface area is 123 Å². The smallest absolute Gasteiger partial charge is 0.226 e. The lowest BCUT2D eigenvalue weighted by Crippen LogP contribution is -2.35. The molecule has 1 N–H and O–H groups in total. The van der Waals surface area contributed by atoms with E-state index in [1.165, 1.54) is 24.8 Å². The van der Waals surface area contributed by atoms with Gasteiger partial charge in [-0.25, -0.2) is 9.97 Å². The highest BCUT2D eigenvalue weighted by molar-refractivity contribution is 5.37. The van der Waals surface area contributed by atoms with Crippen LogP contribution in [0.25, 0.3) is 0 Å². The maximum absolute atomic E-state index is 4.76. The number of hydrogen-bond acceptors (Lipinski definition) is 4. The van der Waals surface area contributed by atoms with Crippen molar-refractivity contribution in [2.75, 3.05) is 4.90 Å². The van der Waals surface area contributed by atoms with E-state index in [9.17, 15) is 0 Å². The molecule has 1 aromatic rings. The molecule has 0 aliphatic carbocycles. The molecule has 112 valence electrons. The standard InChI is InChI=1S/C16H28N4/c1-6-15-8-7-12(4)20(15)16-18-10-14(13(5)19-16)9-17-11(2)3/h10-12,15,17H,6-9H2,1-5H3. The summed E-state index contributed by atoms with van der Waals surface area (Å²) in [5, 5.41) is 3.43. The van der Waals surface area contributed by atoms with Gasteiger partial charge in [-0.2, -0.15) is 0 Å². The zero-order chi connectivity index (χ0) is 14.7. The fraction of sp³-hybridized carbons (Fsp3) is 0.750. The maximum Gasteiger partial charge on any atom is 0.226 e. The van der Waals surface area contributed by atoms with E-state index in [2.05, 4.69) is 49.8 Å². The number of hydrogen-bond donors (Lipinski definition) is 1. The van der Waals surface area contributed by atoms with Gasteiger partial charge in [0, 0.05) is 42.1 Å². The van der Waals surface area contributed by atoms with E-state index in [4.69, 9.17) is 4.98 Å². The second-order valence-corrected chi connectivity index (χ2v) is 6.21. The third-order valence-corrected chi connectivity index (χ3v) is 4.26. The number of nitrogens with zero attached hydrogens (tertiary/aromatic N) is 3. The van der Waals surface area contributed by atoms with Crippen LogP contribution in [0.3, 0.4) is 0 Å². The first-order chi connectivity index (χ1) is 9.52. The lowest BCUT2D eigenvalue weighted by molar-refractivity contribution is 0.581. The highest BCUT2D eigenvalue weighted by Crippen LogP contribution is 2.29. The van der Waals surface area contributed by atoms with Gasteiger partial charge in [-0.15, -0.1) is 0 Å². The van der Waals surface area contributed by atoms with Gasteiger partial charge >= 0.3 is 0 Å². The van der Waals surface area contributed by atoms with Crippen LogP contribution in [0.15, 0.2) is 6.20 Å². The maximum atomic E-state index is 4.76. The second kappa shape index (κ2) is 6.53. The Morgan fingerprint density at radius 3 is 2.75 bits per heavy atom. The highest BCUT2D eigenvalue weighted by Gasteiger charge is 2.31. The van der Waals surface area contributed by atoms with Gasteiger partial charge in [0.15, 0.2) is 0 Å². The van der Waals surface area contributed by atoms with Gasteiger partial charge in [0.05, 0.1) is 0 Å². The molecule has 0 spiro atoms. The van der Waals surface area contributed by atoms with Gasteiger partial charge in [-0.3, -0.25) is 0 Å². The molecule has 2 heterocycles. The third-order valence-electron chi connectivity index (χ3n) is 4.26. The van der Waals surface area contributed by atoms with Crippen LogP contribution in [-0.2, 0) is 6.54 Å². The fourth-order valence-corrected chi connectivity index (χ4v) is 2.92. The van der Waals surface area contributed by atoms with Crippen LogP contribution in [0.4, 0.5) is 5.95 Å². The largest absolute Gasteiger partial charge is 0.335 e. The molecule has 0 bridgehead atoms. The average molecular weight is 276 g/mol. The van der Waals surface area contributed by atoms with E-state index in [0.29, 0.717) is 18.1 Å². The van der Waals surface area contributed by atoms with Crippen molar-refractivity contribution in [1.82, 2.24) is 15.3 Å². The van der Waals surface area contributed by atoms with Crippen molar-refractivity contribution in [1.29, 1.82) is 0 Å². The Morgan fingerprint density at radius 1 is 1.40 bits per heavy atom. The molecule has 1 saturated heterocycles. The van der Waals surface area contributed by atoms with E-state index in [-0.39, 0.29) is 0 Å². The van der Waals surface area contributed by atoms with Crippen LogP contribution in [-0.4, -0.2) is 28.1 Å². The molecule has 2 atom stereocenters. The molecule has 0 saturated carbocycles. The number of nitrogens with one attached hydrogen (secondary N) is 1. The summed E-state index contributed by atoms with van der Waals surface area (Å²) in [7, 11) is 0. The molecule has 2 unspecified atom stereocenters. The Morgan fingerprint density at radius 2 is 2.15 bits per heavy atom. The quantitative estimate of drug-likeness (QED) is 0.897. The van der Waals surface area contributed by atoms with E-state index >= 15 is 0 Å². The van der Waals surface area contributed by atoms with Crippen LogP contribution in [0.2, 0.25) is 0 Å². The van der Waals surface area contributed by atoms with Crippen LogP contribution < -0.4 is 10.2 Å². The summed E-state index contributed by atoms with van der Waals surface area (Å²) in [4.78, 5) is 11.8. The summed E-state index contributed by atoms with van der Waals surface area (Å²) in [5.41, 5.74) is 2.29. The molecule has 0 amide bonds. The van der Waals surface area contributed by atoms with E-state index in [1.54, 1.807) is 0 Å². The summed E-state index contributed by atoms with van der Waals surface area (Å²) in [6.07, 6.45) is 5.67. The normalized spacial score (nSPS) is 22.8. The van der Waals surface area contributed by atoms with Crippen molar-refractivity contribution in [2.45, 2.75) is 78.6 Å². The molecule has 1 aliphatic heterocycles. The predicted molar refractivity (Wildman–Crippen MR) is 84.0 cm³/mol. The first-order valence-electron chi connectivity index (χ1n) is 7.87. The van der Waals surface area contributed by atoms with E-state index in [1.807, 2.05) is 6.20 Å². The summed E-state index contributed by atoms with van der Waals surface area (Å²) in [5.74, 6) is 0.910.